The summed E-state index contributed by atoms with van der Waals surface area (Å²) in [5.74, 6) is 0. The van der Waals surface area contributed by atoms with Crippen molar-refractivity contribution >= 4 is 56.0 Å². The number of hydrogen-bond acceptors (Lipinski definition) is 6. The van der Waals surface area contributed by atoms with Crippen LogP contribution >= 0.6 is 11.4 Å². The van der Waals surface area contributed by atoms with Gasteiger partial charge in [0.15, 0.2) is 0 Å². The van der Waals surface area contributed by atoms with E-state index in [1.807, 2.05) is 72.8 Å². The Bertz CT molecular complexity index is 1120. The molecule has 4 aromatic carbocycles. The molecule has 0 unspecified atom stereocenters. The van der Waals surface area contributed by atoms with E-state index < -0.39 is 31.5 Å². The Hall–Kier alpha value is 0.850. The molecule has 0 saturated heterocycles. The quantitative estimate of drug-likeness (QED) is 0.180. The van der Waals surface area contributed by atoms with Crippen molar-refractivity contribution in [2.24, 2.45) is 0 Å². The molecule has 0 aliphatic heterocycles. The van der Waals surface area contributed by atoms with Crippen LogP contribution < -0.4 is 19.6 Å². The van der Waals surface area contributed by atoms with Gasteiger partial charge in [0.05, 0.1) is 0 Å². The van der Waals surface area contributed by atoms with Gasteiger partial charge in [-0.05, 0) is 48.5 Å². The minimum absolute atomic E-state index is 0. The Kier molecular flexibility index (Phi) is 18.7. The molecule has 0 aliphatic carbocycles. The summed E-state index contributed by atoms with van der Waals surface area (Å²) in [7, 11) is -2.11. The third kappa shape index (κ3) is 12.1. The minimum Gasteiger partial charge on any atom is -0.853 e. The summed E-state index contributed by atoms with van der Waals surface area (Å²) in [5, 5.41) is 0. The van der Waals surface area contributed by atoms with Crippen LogP contribution in [-0.2, 0) is 103 Å². The van der Waals surface area contributed by atoms with E-state index in [0.717, 1.165) is 19.6 Å². The van der Waals surface area contributed by atoms with Gasteiger partial charge < -0.3 is 55.5 Å². The van der Waals surface area contributed by atoms with Crippen LogP contribution in [-0.4, -0.2) is 0 Å². The van der Waals surface area contributed by atoms with Gasteiger partial charge in [0, 0.05) is 19.6 Å². The monoisotopic (exact) mass is 754 g/mol. The summed E-state index contributed by atoms with van der Waals surface area (Å²) in [4.78, 5) is 50.1. The molecule has 13 heteroatoms. The van der Waals surface area contributed by atoms with Gasteiger partial charge in [-0.15, -0.1) is 0 Å². The molecule has 0 aromatic heterocycles. The van der Waals surface area contributed by atoms with Gasteiger partial charge in [0.2, 0.25) is 0 Å². The fraction of sp³-hybridized carbons (Fsp3) is 0. The summed E-state index contributed by atoms with van der Waals surface area (Å²) >= 11 is 9.37. The first kappa shape index (κ1) is 37.9. The Balaban J connectivity index is 0.000000648. The zero-order chi connectivity index (χ0) is 24.6. The van der Waals surface area contributed by atoms with E-state index in [4.69, 9.17) is 0 Å². The second-order valence-electron chi connectivity index (χ2n) is 6.72. The smallest absolute Gasteiger partial charge is 0.853 e. The molecule has 0 heterocycles. The van der Waals surface area contributed by atoms with Gasteiger partial charge in [0.1, 0.15) is 0 Å². The summed E-state index contributed by atoms with van der Waals surface area (Å²) < 4.78 is 0. The SMILES string of the molecule is [O-]P([O-])([S-])=S(c1ccccc1)c1ccccc1.[O-]P([O-])([S-])=S(c1ccccc1)c1ccccc1.[Zn+2].[Zn+2].[Zn+2]. The normalized spacial score (nSPS) is 10.8. The van der Waals surface area contributed by atoms with Gasteiger partial charge in [-0.1, -0.05) is 72.8 Å². The third-order valence-electron chi connectivity index (χ3n) is 4.31. The summed E-state index contributed by atoms with van der Waals surface area (Å²) in [6.45, 7) is 0. The molecule has 180 valence electrons. The fourth-order valence-electron chi connectivity index (χ4n) is 2.99. The van der Waals surface area contributed by atoms with Crippen molar-refractivity contribution < 1.29 is 78.0 Å². The molecular weight excluding hydrogens is 739 g/mol. The Morgan fingerprint density at radius 3 is 0.676 bits per heavy atom. The minimum atomic E-state index is -3.86. The molecule has 0 fully saturated rings. The maximum Gasteiger partial charge on any atom is 2.00 e. The molecule has 0 spiro atoms. The van der Waals surface area contributed by atoms with Crippen LogP contribution in [0.1, 0.15) is 0 Å². The summed E-state index contributed by atoms with van der Waals surface area (Å²) in [6, 6.07) is 36.4. The predicted octanol–water partition coefficient (Wildman–Crippen LogP) is 3.33. The topological polar surface area (TPSA) is 92.2 Å². The number of benzene rings is 4. The molecule has 4 nitrogen and oxygen atoms in total. The van der Waals surface area contributed by atoms with Crippen molar-refractivity contribution in [1.82, 2.24) is 0 Å². The van der Waals surface area contributed by atoms with E-state index in [0.29, 0.717) is 0 Å². The van der Waals surface area contributed by atoms with E-state index in [1.165, 1.54) is 0 Å². The summed E-state index contributed by atoms with van der Waals surface area (Å²) in [6.07, 6.45) is 0. The van der Waals surface area contributed by atoms with Gasteiger partial charge in [-0.2, -0.15) is 20.1 Å². The maximum atomic E-state index is 11.8. The van der Waals surface area contributed by atoms with E-state index >= 15 is 0 Å². The number of rotatable bonds is 4. The molecule has 0 atom stereocenters. The van der Waals surface area contributed by atoms with Crippen LogP contribution in [0.15, 0.2) is 141 Å². The Morgan fingerprint density at radius 1 is 0.378 bits per heavy atom. The first-order valence-electron chi connectivity index (χ1n) is 9.92. The third-order valence-corrected chi connectivity index (χ3v) is 16.0. The standard InChI is InChI=1S/2C12H10O2PS2.3Zn/c2*13-15(14,16)17(11-7-3-1-4-8-11)12-9-5-2-6-10-12;;;/h2*1-10H;;;/q2*-3;3*+2. The molecule has 0 bridgehead atoms. The van der Waals surface area contributed by atoms with Gasteiger partial charge in [-0.3, -0.25) is 0 Å². The number of hydrogen-bond donors (Lipinski definition) is 0. The van der Waals surface area contributed by atoms with E-state index in [2.05, 4.69) is 24.5 Å². The second kappa shape index (κ2) is 18.3. The molecule has 4 aromatic rings. The van der Waals surface area contributed by atoms with Crippen molar-refractivity contribution in [3.63, 3.8) is 0 Å². The molecule has 0 aliphatic rings. The Morgan fingerprint density at radius 2 is 0.541 bits per heavy atom. The van der Waals surface area contributed by atoms with Crippen LogP contribution in [0.4, 0.5) is 0 Å². The first-order chi connectivity index (χ1) is 16.2. The zero-order valence-electron chi connectivity index (χ0n) is 19.8. The van der Waals surface area contributed by atoms with Gasteiger partial charge >= 0.3 is 58.4 Å². The average Bonchev–Trinajstić information content (AvgIpc) is 2.81. The van der Waals surface area contributed by atoms with E-state index in [-0.39, 0.29) is 58.4 Å². The van der Waals surface area contributed by atoms with Crippen LogP contribution in [0.25, 0.3) is 0 Å². The van der Waals surface area contributed by atoms with Crippen molar-refractivity contribution in [2.75, 3.05) is 0 Å². The second-order valence-corrected chi connectivity index (χ2v) is 20.9. The van der Waals surface area contributed by atoms with E-state index in [1.54, 1.807) is 48.5 Å². The first-order valence-corrected chi connectivity index (χ1v) is 18.9. The molecule has 0 saturated carbocycles. The van der Waals surface area contributed by atoms with Crippen LogP contribution in [0.3, 0.4) is 0 Å². The molecular formula is C24H20O4P2S4Zn3. The molecule has 0 N–H and O–H groups in total. The molecule has 37 heavy (non-hydrogen) atoms. The van der Waals surface area contributed by atoms with Crippen molar-refractivity contribution in [1.29, 1.82) is 0 Å². The van der Waals surface area contributed by atoms with Crippen molar-refractivity contribution in [3.05, 3.63) is 121 Å². The maximum absolute atomic E-state index is 11.8. The predicted molar refractivity (Wildman–Crippen MR) is 142 cm³/mol. The van der Waals surface area contributed by atoms with Crippen LogP contribution in [0.2, 0.25) is 0 Å². The Labute approximate surface area is 272 Å². The largest absolute Gasteiger partial charge is 2.00 e. The van der Waals surface area contributed by atoms with E-state index in [9.17, 15) is 19.6 Å². The van der Waals surface area contributed by atoms with Crippen molar-refractivity contribution in [3.8, 4) is 0 Å². The van der Waals surface area contributed by atoms with Crippen molar-refractivity contribution in [2.45, 2.75) is 19.6 Å². The van der Waals surface area contributed by atoms with Crippen LogP contribution in [0, 0.1) is 0 Å². The van der Waals surface area contributed by atoms with Gasteiger partial charge in [-0.25, -0.2) is 0 Å². The molecule has 0 amide bonds. The zero-order valence-corrected chi connectivity index (χ0v) is 33.8. The van der Waals surface area contributed by atoms with Crippen LogP contribution in [0.5, 0.6) is 0 Å². The van der Waals surface area contributed by atoms with Gasteiger partial charge in [0.25, 0.3) is 0 Å². The average molecular weight is 759 g/mol. The molecule has 0 radical (unpaired) electrons. The molecule has 4 rings (SSSR count). The summed E-state index contributed by atoms with van der Waals surface area (Å²) in [5.41, 5.74) is -7.72. The fourth-order valence-corrected chi connectivity index (χ4v) is 13.9.